The topological polar surface area (TPSA) is 92.1 Å². The van der Waals surface area contributed by atoms with Crippen LogP contribution in [0.5, 0.6) is 0 Å². The van der Waals surface area contributed by atoms with Gasteiger partial charge in [0.05, 0.1) is 30.8 Å². The lowest BCUT2D eigenvalue weighted by atomic mass is 10.00. The van der Waals surface area contributed by atoms with Gasteiger partial charge in [-0.3, -0.25) is 14.9 Å². The van der Waals surface area contributed by atoms with E-state index >= 15 is 0 Å². The van der Waals surface area contributed by atoms with Crippen molar-refractivity contribution in [1.29, 1.82) is 0 Å². The van der Waals surface area contributed by atoms with Gasteiger partial charge in [0, 0.05) is 19.2 Å². The summed E-state index contributed by atoms with van der Waals surface area (Å²) in [6.45, 7) is 3.77. The summed E-state index contributed by atoms with van der Waals surface area (Å²) in [6.07, 6.45) is 0.918. The molecule has 164 valence electrons. The summed E-state index contributed by atoms with van der Waals surface area (Å²) in [4.78, 5) is 40.2. The second-order valence-electron chi connectivity index (χ2n) is 7.53. The molecule has 0 aliphatic carbocycles. The van der Waals surface area contributed by atoms with E-state index in [-0.39, 0.29) is 23.6 Å². The third kappa shape index (κ3) is 3.94. The Hall–Kier alpha value is -4.07. The monoisotopic (exact) mass is 433 g/mol. The highest BCUT2D eigenvalue weighted by Crippen LogP contribution is 2.39. The van der Waals surface area contributed by atoms with Gasteiger partial charge < -0.3 is 19.0 Å². The third-order valence-corrected chi connectivity index (χ3v) is 5.38. The number of methoxy groups -OCH3 is 1. The molecule has 1 aliphatic heterocycles. The van der Waals surface area contributed by atoms with E-state index < -0.39 is 6.09 Å². The fourth-order valence-corrected chi connectivity index (χ4v) is 3.93. The molecule has 0 fully saturated rings. The minimum absolute atomic E-state index is 0.0881. The molecule has 0 spiro atoms. The zero-order chi connectivity index (χ0) is 22.8. The number of fused-ring (bicyclic) bond motifs is 1. The number of amides is 3. The molecule has 2 aromatic carbocycles. The average Bonchev–Trinajstić information content (AvgIpc) is 3.33. The second kappa shape index (κ2) is 8.58. The van der Waals surface area contributed by atoms with Crippen LogP contribution in [0, 0.1) is 0 Å². The summed E-state index contributed by atoms with van der Waals surface area (Å²) in [7, 11) is 1.30. The van der Waals surface area contributed by atoms with Crippen LogP contribution in [-0.2, 0) is 9.53 Å². The first-order valence-electron chi connectivity index (χ1n) is 10.1. The van der Waals surface area contributed by atoms with Gasteiger partial charge in [0.2, 0.25) is 5.91 Å². The van der Waals surface area contributed by atoms with E-state index in [1.807, 2.05) is 37.3 Å². The Morgan fingerprint density at radius 1 is 1.03 bits per heavy atom. The molecule has 8 nitrogen and oxygen atoms in total. The van der Waals surface area contributed by atoms with Crippen LogP contribution < -0.4 is 15.1 Å². The molecule has 0 saturated carbocycles. The smallest absolute Gasteiger partial charge is 0.411 e. The first-order chi connectivity index (χ1) is 15.4. The van der Waals surface area contributed by atoms with Crippen molar-refractivity contribution in [1.82, 2.24) is 0 Å². The molecule has 1 N–H and O–H groups in total. The number of furan rings is 1. The first kappa shape index (κ1) is 21.2. The minimum atomic E-state index is -0.544. The molecule has 8 heteroatoms. The van der Waals surface area contributed by atoms with Gasteiger partial charge in [-0.1, -0.05) is 18.2 Å². The Labute approximate surface area is 185 Å². The summed E-state index contributed by atoms with van der Waals surface area (Å²) in [5.41, 5.74) is 3.66. The molecule has 4 rings (SSSR count). The van der Waals surface area contributed by atoms with E-state index in [9.17, 15) is 14.4 Å². The zero-order valence-corrected chi connectivity index (χ0v) is 18.0. The minimum Gasteiger partial charge on any atom is -0.459 e. The van der Waals surface area contributed by atoms with Crippen molar-refractivity contribution in [2.24, 2.45) is 0 Å². The van der Waals surface area contributed by atoms with Crippen molar-refractivity contribution >= 4 is 35.0 Å². The quantitative estimate of drug-likeness (QED) is 0.655. The van der Waals surface area contributed by atoms with Crippen LogP contribution in [0.4, 0.5) is 21.9 Å². The molecule has 3 amide bonds. The summed E-state index contributed by atoms with van der Waals surface area (Å²) < 4.78 is 9.93. The molecule has 3 aromatic rings. The maximum atomic E-state index is 13.1. The Balaban J connectivity index is 1.74. The number of nitrogens with one attached hydrogen (secondary N) is 1. The predicted octanol–water partition coefficient (Wildman–Crippen LogP) is 4.53. The van der Waals surface area contributed by atoms with Gasteiger partial charge in [-0.2, -0.15) is 0 Å². The van der Waals surface area contributed by atoms with Crippen LogP contribution in [0.1, 0.15) is 24.4 Å². The number of rotatable bonds is 3. The zero-order valence-electron chi connectivity index (χ0n) is 18.0. The molecule has 1 aromatic heterocycles. The highest BCUT2D eigenvalue weighted by Gasteiger charge is 2.34. The van der Waals surface area contributed by atoms with Gasteiger partial charge in [-0.15, -0.1) is 0 Å². The molecule has 0 unspecified atom stereocenters. The molecule has 2 heterocycles. The standard InChI is InChI=1S/C24H23N3O5/c1-15-14-26(23(29)22-5-4-12-32-22)21-13-18(8-11-20(21)27(15)16(2)28)17-6-9-19(10-7-17)25-24(30)31-3/h4-13,15H,14H2,1-3H3,(H,25,30)/t15-/m0/s1. The number of hydrogen-bond acceptors (Lipinski definition) is 5. The highest BCUT2D eigenvalue weighted by atomic mass is 16.5. The molecule has 1 aliphatic rings. The normalized spacial score (nSPS) is 15.2. The van der Waals surface area contributed by atoms with Gasteiger partial charge >= 0.3 is 6.09 Å². The molecule has 0 radical (unpaired) electrons. The van der Waals surface area contributed by atoms with Gasteiger partial charge in [0.25, 0.3) is 5.91 Å². The maximum Gasteiger partial charge on any atom is 0.411 e. The lowest BCUT2D eigenvalue weighted by molar-refractivity contribution is -0.117. The number of carbonyl (C=O) groups excluding carboxylic acids is 3. The van der Waals surface area contributed by atoms with Gasteiger partial charge in [0.15, 0.2) is 5.76 Å². The number of hydrogen-bond donors (Lipinski definition) is 1. The Kier molecular flexibility index (Phi) is 5.68. The fraction of sp³-hybridized carbons (Fsp3) is 0.208. The number of anilines is 3. The lowest BCUT2D eigenvalue weighted by Gasteiger charge is -2.40. The maximum absolute atomic E-state index is 13.1. The molecule has 0 saturated heterocycles. The number of carbonyl (C=O) groups is 3. The van der Waals surface area contributed by atoms with Crippen molar-refractivity contribution in [3.05, 3.63) is 66.6 Å². The Bertz CT molecular complexity index is 1150. The van der Waals surface area contributed by atoms with Crippen LogP contribution in [-0.4, -0.2) is 37.6 Å². The van der Waals surface area contributed by atoms with Crippen molar-refractivity contribution < 1.29 is 23.5 Å². The van der Waals surface area contributed by atoms with E-state index in [0.717, 1.165) is 11.1 Å². The van der Waals surface area contributed by atoms with Gasteiger partial charge in [-0.05, 0) is 54.4 Å². The predicted molar refractivity (Wildman–Crippen MR) is 121 cm³/mol. The number of benzene rings is 2. The summed E-state index contributed by atoms with van der Waals surface area (Å²) in [6, 6.07) is 16.0. The number of nitrogens with zero attached hydrogens (tertiary/aromatic N) is 2. The first-order valence-corrected chi connectivity index (χ1v) is 10.1. The molecule has 1 atom stereocenters. The van der Waals surface area contributed by atoms with Crippen LogP contribution in [0.3, 0.4) is 0 Å². The largest absolute Gasteiger partial charge is 0.459 e. The molecule has 0 bridgehead atoms. The van der Waals surface area contributed by atoms with Crippen molar-refractivity contribution in [3.8, 4) is 11.1 Å². The van der Waals surface area contributed by atoms with Gasteiger partial charge in [-0.25, -0.2) is 4.79 Å². The van der Waals surface area contributed by atoms with E-state index in [1.165, 1.54) is 20.3 Å². The van der Waals surface area contributed by atoms with E-state index in [1.54, 1.807) is 34.1 Å². The van der Waals surface area contributed by atoms with Crippen LogP contribution in [0.25, 0.3) is 11.1 Å². The molecule has 32 heavy (non-hydrogen) atoms. The summed E-state index contributed by atoms with van der Waals surface area (Å²) >= 11 is 0. The lowest BCUT2D eigenvalue weighted by Crippen LogP contribution is -2.51. The summed E-state index contributed by atoms with van der Waals surface area (Å²) in [5, 5.41) is 2.61. The summed E-state index contributed by atoms with van der Waals surface area (Å²) in [5.74, 6) is -0.112. The average molecular weight is 433 g/mol. The fourth-order valence-electron chi connectivity index (χ4n) is 3.93. The highest BCUT2D eigenvalue weighted by molar-refractivity contribution is 6.10. The van der Waals surface area contributed by atoms with Crippen LogP contribution in [0.15, 0.2) is 65.3 Å². The third-order valence-electron chi connectivity index (χ3n) is 5.38. The van der Waals surface area contributed by atoms with E-state index in [2.05, 4.69) is 10.1 Å². The Morgan fingerprint density at radius 3 is 2.38 bits per heavy atom. The van der Waals surface area contributed by atoms with Crippen molar-refractivity contribution in [3.63, 3.8) is 0 Å². The van der Waals surface area contributed by atoms with Crippen molar-refractivity contribution in [2.75, 3.05) is 28.8 Å². The number of ether oxygens (including phenoxy) is 1. The van der Waals surface area contributed by atoms with Crippen LogP contribution >= 0.6 is 0 Å². The van der Waals surface area contributed by atoms with Gasteiger partial charge in [0.1, 0.15) is 0 Å². The van der Waals surface area contributed by atoms with E-state index in [4.69, 9.17) is 4.42 Å². The second-order valence-corrected chi connectivity index (χ2v) is 7.53. The van der Waals surface area contributed by atoms with Crippen molar-refractivity contribution in [2.45, 2.75) is 19.9 Å². The molecular weight excluding hydrogens is 410 g/mol. The Morgan fingerprint density at radius 2 is 1.75 bits per heavy atom. The van der Waals surface area contributed by atoms with Crippen LogP contribution in [0.2, 0.25) is 0 Å². The SMILES string of the molecule is COC(=O)Nc1ccc(-c2ccc3c(c2)N(C(=O)c2ccco2)C[C@H](C)N3C(C)=O)cc1. The molecular formula is C24H23N3O5. The van der Waals surface area contributed by atoms with E-state index in [0.29, 0.717) is 23.6 Å².